The molecular weight excluding hydrogens is 244 g/mol. The number of hydrogen-bond acceptors (Lipinski definition) is 2. The van der Waals surface area contributed by atoms with Crippen molar-refractivity contribution < 1.29 is 0 Å². The fraction of sp³-hybridized carbons (Fsp3) is 0.667. The van der Waals surface area contributed by atoms with Gasteiger partial charge in [-0.05, 0) is 63.6 Å². The molecule has 2 aliphatic rings. The Morgan fingerprint density at radius 2 is 1.90 bits per heavy atom. The lowest BCUT2D eigenvalue weighted by atomic mass is 10.0. The average Bonchev–Trinajstić information content (AvgIpc) is 3.19. The summed E-state index contributed by atoms with van der Waals surface area (Å²) >= 11 is 0. The highest BCUT2D eigenvalue weighted by Crippen LogP contribution is 2.30. The minimum absolute atomic E-state index is 0.553. The summed E-state index contributed by atoms with van der Waals surface area (Å²) in [5, 5.41) is 3.76. The van der Waals surface area contributed by atoms with E-state index in [9.17, 15) is 0 Å². The van der Waals surface area contributed by atoms with Crippen molar-refractivity contribution in [3.05, 3.63) is 35.9 Å². The molecule has 1 aromatic rings. The average molecular weight is 272 g/mol. The Labute approximate surface area is 123 Å². The highest BCUT2D eigenvalue weighted by Gasteiger charge is 2.31. The van der Waals surface area contributed by atoms with E-state index < -0.39 is 0 Å². The van der Waals surface area contributed by atoms with E-state index in [1.807, 2.05) is 0 Å². The molecule has 1 unspecified atom stereocenters. The molecule has 0 bridgehead atoms. The monoisotopic (exact) mass is 272 g/mol. The van der Waals surface area contributed by atoms with Crippen LogP contribution in [0.25, 0.3) is 0 Å². The number of benzene rings is 1. The summed E-state index contributed by atoms with van der Waals surface area (Å²) in [7, 11) is 0. The molecular formula is C18H28N2. The molecule has 0 radical (unpaired) electrons. The molecule has 0 aromatic heterocycles. The van der Waals surface area contributed by atoms with Crippen molar-refractivity contribution in [1.82, 2.24) is 10.2 Å². The standard InChI is InChI=1S/C18H28N2/c1-14(19-12-16-8-9-16)18-10-11-20(13-18)15(2)17-6-4-3-5-7-17/h3-7,14-16,18-19H,8-13H2,1-2H3/t14?,15-,18+/m0/s1. The quantitative estimate of drug-likeness (QED) is 0.853. The minimum Gasteiger partial charge on any atom is -0.314 e. The third-order valence-electron chi connectivity index (χ3n) is 5.22. The predicted molar refractivity (Wildman–Crippen MR) is 84.7 cm³/mol. The zero-order valence-corrected chi connectivity index (χ0v) is 12.9. The molecule has 0 amide bonds. The van der Waals surface area contributed by atoms with Crippen molar-refractivity contribution in [3.8, 4) is 0 Å². The third-order valence-corrected chi connectivity index (χ3v) is 5.22. The first-order chi connectivity index (χ1) is 9.74. The largest absolute Gasteiger partial charge is 0.314 e. The van der Waals surface area contributed by atoms with Crippen LogP contribution in [0.5, 0.6) is 0 Å². The van der Waals surface area contributed by atoms with E-state index in [1.165, 1.54) is 44.5 Å². The zero-order valence-electron chi connectivity index (χ0n) is 12.9. The molecule has 2 nitrogen and oxygen atoms in total. The van der Waals surface area contributed by atoms with E-state index in [2.05, 4.69) is 54.4 Å². The smallest absolute Gasteiger partial charge is 0.0320 e. The van der Waals surface area contributed by atoms with Gasteiger partial charge in [0.2, 0.25) is 0 Å². The molecule has 2 heteroatoms. The number of likely N-dealkylation sites (tertiary alicyclic amines) is 1. The highest BCUT2D eigenvalue weighted by molar-refractivity contribution is 5.18. The van der Waals surface area contributed by atoms with Gasteiger partial charge in [0.15, 0.2) is 0 Å². The van der Waals surface area contributed by atoms with Gasteiger partial charge < -0.3 is 5.32 Å². The van der Waals surface area contributed by atoms with Gasteiger partial charge in [-0.2, -0.15) is 0 Å². The SMILES string of the molecule is CC(NCC1CC1)[C@@H]1CCN([C@@H](C)c2ccccc2)C1. The van der Waals surface area contributed by atoms with Crippen LogP contribution in [-0.4, -0.2) is 30.6 Å². The Hall–Kier alpha value is -0.860. The second-order valence-corrected chi connectivity index (χ2v) is 6.77. The Kier molecular flexibility index (Phi) is 4.42. The normalized spacial score (nSPS) is 26.6. The maximum atomic E-state index is 3.76. The van der Waals surface area contributed by atoms with E-state index in [4.69, 9.17) is 0 Å². The molecule has 1 heterocycles. The first-order valence-electron chi connectivity index (χ1n) is 8.26. The summed E-state index contributed by atoms with van der Waals surface area (Å²) in [6.07, 6.45) is 4.24. The van der Waals surface area contributed by atoms with Crippen LogP contribution in [0, 0.1) is 11.8 Å². The Morgan fingerprint density at radius 1 is 1.15 bits per heavy atom. The van der Waals surface area contributed by atoms with Crippen LogP contribution in [0.15, 0.2) is 30.3 Å². The van der Waals surface area contributed by atoms with Crippen LogP contribution < -0.4 is 5.32 Å². The summed E-state index contributed by atoms with van der Waals surface area (Å²) in [5.74, 6) is 1.80. The molecule has 110 valence electrons. The topological polar surface area (TPSA) is 15.3 Å². The Balaban J connectivity index is 1.50. The predicted octanol–water partition coefficient (Wildman–Crippen LogP) is 3.46. The number of nitrogens with one attached hydrogen (secondary N) is 1. The molecule has 1 saturated heterocycles. The van der Waals surface area contributed by atoms with Crippen LogP contribution in [0.3, 0.4) is 0 Å². The van der Waals surface area contributed by atoms with Crippen LogP contribution in [0.2, 0.25) is 0 Å². The van der Waals surface area contributed by atoms with E-state index in [-0.39, 0.29) is 0 Å². The molecule has 1 aliphatic carbocycles. The third kappa shape index (κ3) is 3.42. The molecule has 1 aliphatic heterocycles. The first kappa shape index (κ1) is 14.1. The second kappa shape index (κ2) is 6.28. The van der Waals surface area contributed by atoms with Gasteiger partial charge in [-0.3, -0.25) is 4.90 Å². The zero-order chi connectivity index (χ0) is 13.9. The van der Waals surface area contributed by atoms with Gasteiger partial charge in [0.25, 0.3) is 0 Å². The van der Waals surface area contributed by atoms with E-state index in [0.29, 0.717) is 12.1 Å². The lowest BCUT2D eigenvalue weighted by Crippen LogP contribution is -2.36. The van der Waals surface area contributed by atoms with E-state index in [0.717, 1.165) is 11.8 Å². The molecule has 3 rings (SSSR count). The summed E-state index contributed by atoms with van der Waals surface area (Å²) in [5.41, 5.74) is 1.45. The van der Waals surface area contributed by atoms with Gasteiger partial charge in [0.05, 0.1) is 0 Å². The van der Waals surface area contributed by atoms with Crippen molar-refractivity contribution in [2.45, 2.75) is 45.2 Å². The maximum Gasteiger partial charge on any atom is 0.0320 e. The van der Waals surface area contributed by atoms with E-state index in [1.54, 1.807) is 0 Å². The lowest BCUT2D eigenvalue weighted by Gasteiger charge is -2.26. The maximum absolute atomic E-state index is 3.76. The number of nitrogens with zero attached hydrogens (tertiary/aromatic N) is 1. The fourth-order valence-electron chi connectivity index (χ4n) is 3.36. The summed E-state index contributed by atoms with van der Waals surface area (Å²) in [4.78, 5) is 2.65. The first-order valence-corrected chi connectivity index (χ1v) is 8.26. The lowest BCUT2D eigenvalue weighted by molar-refractivity contribution is 0.243. The number of hydrogen-bond donors (Lipinski definition) is 1. The van der Waals surface area contributed by atoms with Crippen molar-refractivity contribution >= 4 is 0 Å². The van der Waals surface area contributed by atoms with Crippen LogP contribution >= 0.6 is 0 Å². The van der Waals surface area contributed by atoms with Crippen molar-refractivity contribution in [2.75, 3.05) is 19.6 Å². The highest BCUT2D eigenvalue weighted by atomic mass is 15.2. The van der Waals surface area contributed by atoms with Crippen LogP contribution in [-0.2, 0) is 0 Å². The van der Waals surface area contributed by atoms with Gasteiger partial charge in [-0.1, -0.05) is 30.3 Å². The molecule has 1 aromatic carbocycles. The van der Waals surface area contributed by atoms with Crippen LogP contribution in [0.1, 0.15) is 44.7 Å². The molecule has 2 fully saturated rings. The molecule has 3 atom stereocenters. The Morgan fingerprint density at radius 3 is 2.60 bits per heavy atom. The van der Waals surface area contributed by atoms with Crippen molar-refractivity contribution in [2.24, 2.45) is 11.8 Å². The van der Waals surface area contributed by atoms with E-state index >= 15 is 0 Å². The number of rotatable bonds is 6. The summed E-state index contributed by atoms with van der Waals surface area (Å²) in [6.45, 7) is 8.46. The van der Waals surface area contributed by atoms with Gasteiger partial charge in [-0.25, -0.2) is 0 Å². The second-order valence-electron chi connectivity index (χ2n) is 6.77. The Bertz CT molecular complexity index is 413. The molecule has 20 heavy (non-hydrogen) atoms. The summed E-state index contributed by atoms with van der Waals surface area (Å²) < 4.78 is 0. The van der Waals surface area contributed by atoms with Gasteiger partial charge in [-0.15, -0.1) is 0 Å². The van der Waals surface area contributed by atoms with Crippen LogP contribution in [0.4, 0.5) is 0 Å². The molecule has 1 saturated carbocycles. The summed E-state index contributed by atoms with van der Waals surface area (Å²) in [6, 6.07) is 12.1. The fourth-order valence-corrected chi connectivity index (χ4v) is 3.36. The van der Waals surface area contributed by atoms with Gasteiger partial charge in [0, 0.05) is 18.6 Å². The van der Waals surface area contributed by atoms with Crippen molar-refractivity contribution in [1.29, 1.82) is 0 Å². The molecule has 1 N–H and O–H groups in total. The van der Waals surface area contributed by atoms with Gasteiger partial charge >= 0.3 is 0 Å². The van der Waals surface area contributed by atoms with Gasteiger partial charge in [0.1, 0.15) is 0 Å². The minimum atomic E-state index is 0.553. The molecule has 0 spiro atoms. The van der Waals surface area contributed by atoms with Crippen molar-refractivity contribution in [3.63, 3.8) is 0 Å².